The highest BCUT2D eigenvalue weighted by Gasteiger charge is 2.31. The van der Waals surface area contributed by atoms with Crippen molar-refractivity contribution in [3.63, 3.8) is 0 Å². The van der Waals surface area contributed by atoms with E-state index in [1.807, 2.05) is 12.1 Å². The molecule has 0 saturated heterocycles. The van der Waals surface area contributed by atoms with Gasteiger partial charge in [0, 0.05) is 23.5 Å². The Kier molecular flexibility index (Phi) is 6.86. The molecule has 0 spiro atoms. The largest absolute Gasteiger partial charge is 0.494 e. The Morgan fingerprint density at radius 2 is 1.84 bits per heavy atom. The monoisotopic (exact) mass is 424 g/mol. The second kappa shape index (κ2) is 9.75. The van der Waals surface area contributed by atoms with E-state index < -0.39 is 22.9 Å². The lowest BCUT2D eigenvalue weighted by Gasteiger charge is -2.28. The van der Waals surface area contributed by atoms with Gasteiger partial charge in [-0.3, -0.25) is 14.9 Å². The Morgan fingerprint density at radius 3 is 2.45 bits per heavy atom. The molecule has 9 heteroatoms. The molecule has 2 aromatic carbocycles. The number of non-ortho nitro benzene ring substituents is 1. The minimum atomic E-state index is -0.656. The van der Waals surface area contributed by atoms with Crippen molar-refractivity contribution in [3.8, 4) is 5.75 Å². The second-order valence-corrected chi connectivity index (χ2v) is 7.10. The predicted molar refractivity (Wildman–Crippen MR) is 116 cm³/mol. The van der Waals surface area contributed by atoms with Crippen molar-refractivity contribution >= 4 is 23.3 Å². The molecule has 162 valence electrons. The minimum absolute atomic E-state index is 0.0703. The molecule has 3 amide bonds. The number of anilines is 1. The first-order chi connectivity index (χ1) is 14.9. The maximum atomic E-state index is 13.0. The molecule has 3 N–H and O–H groups in total. The van der Waals surface area contributed by atoms with Crippen LogP contribution in [0.2, 0.25) is 0 Å². The molecule has 3 rings (SSSR count). The van der Waals surface area contributed by atoms with Crippen LogP contribution in [0.15, 0.2) is 59.8 Å². The third-order valence-corrected chi connectivity index (χ3v) is 4.83. The zero-order valence-electron chi connectivity index (χ0n) is 17.3. The molecule has 0 radical (unpaired) electrons. The smallest absolute Gasteiger partial charge is 0.319 e. The molecule has 2 aromatic rings. The van der Waals surface area contributed by atoms with Gasteiger partial charge >= 0.3 is 6.03 Å². The summed E-state index contributed by atoms with van der Waals surface area (Å²) >= 11 is 0. The van der Waals surface area contributed by atoms with Crippen LogP contribution in [0.25, 0.3) is 0 Å². The Morgan fingerprint density at radius 1 is 1.16 bits per heavy atom. The van der Waals surface area contributed by atoms with E-state index in [4.69, 9.17) is 4.74 Å². The predicted octanol–water partition coefficient (Wildman–Crippen LogP) is 4.04. The van der Waals surface area contributed by atoms with Crippen LogP contribution in [0.5, 0.6) is 5.75 Å². The Bertz CT molecular complexity index is 1000. The van der Waals surface area contributed by atoms with Gasteiger partial charge < -0.3 is 20.7 Å². The van der Waals surface area contributed by atoms with Gasteiger partial charge in [-0.15, -0.1) is 0 Å². The molecule has 0 aromatic heterocycles. The first-order valence-corrected chi connectivity index (χ1v) is 9.96. The lowest BCUT2D eigenvalue weighted by molar-refractivity contribution is -0.384. The van der Waals surface area contributed by atoms with Crippen LogP contribution in [-0.4, -0.2) is 23.5 Å². The number of urea groups is 1. The zero-order chi connectivity index (χ0) is 22.4. The summed E-state index contributed by atoms with van der Waals surface area (Å²) < 4.78 is 5.67. The summed E-state index contributed by atoms with van der Waals surface area (Å²) in [5.41, 5.74) is 1.84. The Hall–Kier alpha value is -3.88. The summed E-state index contributed by atoms with van der Waals surface area (Å²) in [6, 6.07) is 11.7. The van der Waals surface area contributed by atoms with Crippen molar-refractivity contribution in [1.29, 1.82) is 0 Å². The maximum Gasteiger partial charge on any atom is 0.319 e. The van der Waals surface area contributed by atoms with E-state index in [0.29, 0.717) is 23.6 Å². The highest BCUT2D eigenvalue weighted by Crippen LogP contribution is 2.29. The van der Waals surface area contributed by atoms with E-state index in [1.165, 1.54) is 24.3 Å². The average molecular weight is 424 g/mol. The maximum absolute atomic E-state index is 13.0. The number of ether oxygens (including phenoxy) is 1. The van der Waals surface area contributed by atoms with E-state index in [2.05, 4.69) is 22.9 Å². The topological polar surface area (TPSA) is 123 Å². The summed E-state index contributed by atoms with van der Waals surface area (Å²) in [4.78, 5) is 35.4. The van der Waals surface area contributed by atoms with Crippen LogP contribution in [0.1, 0.15) is 38.3 Å². The first kappa shape index (κ1) is 21.8. The summed E-state index contributed by atoms with van der Waals surface area (Å²) in [7, 11) is 0. The molecule has 1 aliphatic rings. The number of nitrogens with zero attached hydrogens (tertiary/aromatic N) is 1. The highest BCUT2D eigenvalue weighted by atomic mass is 16.6. The van der Waals surface area contributed by atoms with Crippen molar-refractivity contribution in [2.75, 3.05) is 11.9 Å². The highest BCUT2D eigenvalue weighted by molar-refractivity contribution is 6.06. The van der Waals surface area contributed by atoms with Crippen LogP contribution in [-0.2, 0) is 4.79 Å². The molecule has 0 unspecified atom stereocenters. The molecule has 0 fully saturated rings. The van der Waals surface area contributed by atoms with Gasteiger partial charge in [0.05, 0.1) is 23.1 Å². The quantitative estimate of drug-likeness (QED) is 0.335. The van der Waals surface area contributed by atoms with Gasteiger partial charge in [-0.2, -0.15) is 0 Å². The van der Waals surface area contributed by atoms with Gasteiger partial charge in [-0.05, 0) is 43.2 Å². The molecular formula is C22H24N4O5. The van der Waals surface area contributed by atoms with Crippen molar-refractivity contribution in [2.45, 2.75) is 32.7 Å². The molecule has 1 atom stereocenters. The molecule has 1 heterocycles. The summed E-state index contributed by atoms with van der Waals surface area (Å²) in [5.74, 6) is 0.294. The number of hydrogen-bond acceptors (Lipinski definition) is 5. The number of nitrogens with one attached hydrogen (secondary N) is 3. The van der Waals surface area contributed by atoms with Gasteiger partial charge in [-0.1, -0.05) is 25.5 Å². The molecule has 0 saturated carbocycles. The molecule has 9 nitrogen and oxygen atoms in total. The second-order valence-electron chi connectivity index (χ2n) is 7.10. The van der Waals surface area contributed by atoms with Gasteiger partial charge in [0.2, 0.25) is 0 Å². The SMILES string of the molecule is CCCCOc1ccc([C@H]2NC(=O)NC(C)=C2C(=O)Nc2ccc([N+](=O)[O-])cc2)cc1. The van der Waals surface area contributed by atoms with E-state index in [0.717, 1.165) is 24.2 Å². The van der Waals surface area contributed by atoms with Crippen molar-refractivity contribution in [2.24, 2.45) is 0 Å². The van der Waals surface area contributed by atoms with E-state index in [1.54, 1.807) is 19.1 Å². The van der Waals surface area contributed by atoms with Gasteiger partial charge in [0.25, 0.3) is 11.6 Å². The number of allylic oxidation sites excluding steroid dienone is 1. The van der Waals surface area contributed by atoms with Gasteiger partial charge in [0.1, 0.15) is 5.75 Å². The van der Waals surface area contributed by atoms with E-state index in [9.17, 15) is 19.7 Å². The third kappa shape index (κ3) is 5.39. The number of carbonyl (C=O) groups excluding carboxylic acids is 2. The van der Waals surface area contributed by atoms with Gasteiger partial charge in [-0.25, -0.2) is 4.79 Å². The molecule has 0 bridgehead atoms. The minimum Gasteiger partial charge on any atom is -0.494 e. The number of nitro groups is 1. The van der Waals surface area contributed by atoms with Crippen molar-refractivity contribution in [3.05, 3.63) is 75.5 Å². The summed E-state index contributed by atoms with van der Waals surface area (Å²) in [5, 5.41) is 18.9. The van der Waals surface area contributed by atoms with Crippen LogP contribution in [0.4, 0.5) is 16.2 Å². The van der Waals surface area contributed by atoms with Crippen molar-refractivity contribution < 1.29 is 19.2 Å². The van der Waals surface area contributed by atoms with Crippen LogP contribution < -0.4 is 20.7 Å². The lowest BCUT2D eigenvalue weighted by Crippen LogP contribution is -2.45. The van der Waals surface area contributed by atoms with E-state index in [-0.39, 0.29) is 5.69 Å². The molecule has 1 aliphatic heterocycles. The fourth-order valence-corrected chi connectivity index (χ4v) is 3.20. The number of hydrogen-bond donors (Lipinski definition) is 3. The number of carbonyl (C=O) groups is 2. The summed E-state index contributed by atoms with van der Waals surface area (Å²) in [6.07, 6.45) is 2.00. The number of rotatable bonds is 8. The fraction of sp³-hybridized carbons (Fsp3) is 0.273. The standard InChI is InChI=1S/C22H24N4O5/c1-3-4-13-31-18-11-5-15(6-12-18)20-19(14(2)23-22(28)25-20)21(27)24-16-7-9-17(10-8-16)26(29)30/h5-12,20H,3-4,13H2,1-2H3,(H,24,27)(H2,23,25,28)/t20-/m1/s1. The normalized spacial score (nSPS) is 15.7. The van der Waals surface area contributed by atoms with Crippen molar-refractivity contribution in [1.82, 2.24) is 10.6 Å². The lowest BCUT2D eigenvalue weighted by atomic mass is 9.94. The fourth-order valence-electron chi connectivity index (χ4n) is 3.20. The number of amides is 3. The Balaban J connectivity index is 1.80. The zero-order valence-corrected chi connectivity index (χ0v) is 17.3. The summed E-state index contributed by atoms with van der Waals surface area (Å²) in [6.45, 7) is 4.37. The third-order valence-electron chi connectivity index (χ3n) is 4.83. The Labute approximate surface area is 179 Å². The number of nitro benzene ring substituents is 1. The number of benzene rings is 2. The van der Waals surface area contributed by atoms with Gasteiger partial charge in [0.15, 0.2) is 0 Å². The average Bonchev–Trinajstić information content (AvgIpc) is 2.74. The molecule has 0 aliphatic carbocycles. The first-order valence-electron chi connectivity index (χ1n) is 9.96. The number of unbranched alkanes of at least 4 members (excludes halogenated alkanes) is 1. The molecular weight excluding hydrogens is 400 g/mol. The van der Waals surface area contributed by atoms with E-state index >= 15 is 0 Å². The van der Waals surface area contributed by atoms with Crippen LogP contribution in [0, 0.1) is 10.1 Å². The van der Waals surface area contributed by atoms with Crippen LogP contribution in [0.3, 0.4) is 0 Å². The van der Waals surface area contributed by atoms with Crippen LogP contribution >= 0.6 is 0 Å². The molecule has 31 heavy (non-hydrogen) atoms.